The molecule has 3 nitrogen and oxygen atoms in total. The molecule has 0 amide bonds. The second-order valence-corrected chi connectivity index (χ2v) is 5.66. The van der Waals surface area contributed by atoms with Crippen molar-refractivity contribution in [2.75, 3.05) is 26.9 Å². The average Bonchev–Trinajstić information content (AvgIpc) is 2.42. The Morgan fingerprint density at radius 3 is 2.84 bits per heavy atom. The largest absolute Gasteiger partial charge is 0.493 e. The van der Waals surface area contributed by atoms with E-state index in [-0.39, 0.29) is 0 Å². The van der Waals surface area contributed by atoms with Crippen LogP contribution in [0.1, 0.15) is 25.8 Å². The monoisotopic (exact) mass is 329 g/mol. The van der Waals surface area contributed by atoms with Crippen LogP contribution in [0, 0.1) is 5.92 Å². The first-order valence-corrected chi connectivity index (χ1v) is 7.57. The van der Waals surface area contributed by atoms with Gasteiger partial charge < -0.3 is 14.8 Å². The number of rotatable bonds is 9. The van der Waals surface area contributed by atoms with Crippen molar-refractivity contribution in [1.82, 2.24) is 5.32 Å². The molecule has 0 aliphatic rings. The van der Waals surface area contributed by atoms with Crippen LogP contribution in [-0.4, -0.2) is 26.9 Å². The summed E-state index contributed by atoms with van der Waals surface area (Å²) in [6.45, 7) is 7.50. The van der Waals surface area contributed by atoms with E-state index < -0.39 is 0 Å². The first kappa shape index (κ1) is 16.5. The summed E-state index contributed by atoms with van der Waals surface area (Å²) in [5.41, 5.74) is 1.17. The van der Waals surface area contributed by atoms with E-state index in [2.05, 4.69) is 41.2 Å². The molecule has 0 aromatic heterocycles. The summed E-state index contributed by atoms with van der Waals surface area (Å²) < 4.78 is 12.0. The zero-order valence-corrected chi connectivity index (χ0v) is 13.6. The van der Waals surface area contributed by atoms with Crippen LogP contribution >= 0.6 is 15.9 Å². The highest BCUT2D eigenvalue weighted by atomic mass is 79.9. The van der Waals surface area contributed by atoms with E-state index >= 15 is 0 Å². The Balaban J connectivity index is 2.58. The molecule has 0 fully saturated rings. The van der Waals surface area contributed by atoms with Crippen molar-refractivity contribution >= 4 is 15.9 Å². The molecule has 108 valence electrons. The lowest BCUT2D eigenvalue weighted by Gasteiger charge is -2.15. The van der Waals surface area contributed by atoms with Gasteiger partial charge in [-0.05, 0) is 24.1 Å². The number of ether oxygens (including phenoxy) is 2. The third-order valence-electron chi connectivity index (χ3n) is 3.04. The van der Waals surface area contributed by atoms with Gasteiger partial charge in [0.05, 0.1) is 13.2 Å². The summed E-state index contributed by atoms with van der Waals surface area (Å²) in [7, 11) is 1.71. The van der Waals surface area contributed by atoms with Crippen LogP contribution < -0.4 is 10.1 Å². The highest BCUT2D eigenvalue weighted by molar-refractivity contribution is 9.10. The van der Waals surface area contributed by atoms with E-state index in [1.165, 1.54) is 5.56 Å². The van der Waals surface area contributed by atoms with Crippen molar-refractivity contribution in [1.29, 1.82) is 0 Å². The second kappa shape index (κ2) is 9.34. The van der Waals surface area contributed by atoms with Crippen LogP contribution in [0.15, 0.2) is 22.7 Å². The van der Waals surface area contributed by atoms with Crippen LogP contribution in [0.2, 0.25) is 0 Å². The number of nitrogens with one attached hydrogen (secondary N) is 1. The highest BCUT2D eigenvalue weighted by Gasteiger charge is 2.06. The predicted octanol–water partition coefficient (Wildman–Crippen LogP) is 3.61. The maximum atomic E-state index is 5.91. The molecule has 1 aromatic rings. The standard InChI is InChI=1S/C15H24BrNO2/c1-4-12(2)11-19-15-6-5-14(16)9-13(15)10-17-7-8-18-3/h5-6,9,12,17H,4,7-8,10-11H2,1-3H3. The molecule has 19 heavy (non-hydrogen) atoms. The lowest BCUT2D eigenvalue weighted by atomic mass is 10.1. The van der Waals surface area contributed by atoms with Crippen molar-refractivity contribution in [3.63, 3.8) is 0 Å². The maximum absolute atomic E-state index is 5.91. The van der Waals surface area contributed by atoms with E-state index in [4.69, 9.17) is 9.47 Å². The molecular weight excluding hydrogens is 306 g/mol. The summed E-state index contributed by atoms with van der Waals surface area (Å²) in [5.74, 6) is 1.55. The Labute approximate surface area is 124 Å². The molecule has 0 spiro atoms. The second-order valence-electron chi connectivity index (χ2n) is 4.75. The molecule has 0 saturated heterocycles. The minimum absolute atomic E-state index is 0.581. The SMILES string of the molecule is CCC(C)COc1ccc(Br)cc1CNCCOC. The van der Waals surface area contributed by atoms with Crippen LogP contribution in [0.4, 0.5) is 0 Å². The Morgan fingerprint density at radius 2 is 2.16 bits per heavy atom. The number of halogens is 1. The molecule has 0 saturated carbocycles. The zero-order valence-electron chi connectivity index (χ0n) is 12.0. The molecule has 4 heteroatoms. The minimum atomic E-state index is 0.581. The summed E-state index contributed by atoms with van der Waals surface area (Å²) in [6.07, 6.45) is 1.14. The van der Waals surface area contributed by atoms with Gasteiger partial charge in [0.1, 0.15) is 5.75 Å². The van der Waals surface area contributed by atoms with Crippen molar-refractivity contribution in [2.45, 2.75) is 26.8 Å². The van der Waals surface area contributed by atoms with E-state index in [0.29, 0.717) is 5.92 Å². The number of hydrogen-bond acceptors (Lipinski definition) is 3. The normalized spacial score (nSPS) is 12.4. The molecule has 1 unspecified atom stereocenters. The van der Waals surface area contributed by atoms with Gasteiger partial charge in [-0.3, -0.25) is 0 Å². The fraction of sp³-hybridized carbons (Fsp3) is 0.600. The fourth-order valence-electron chi connectivity index (χ4n) is 1.57. The van der Waals surface area contributed by atoms with Crippen molar-refractivity contribution in [3.05, 3.63) is 28.2 Å². The maximum Gasteiger partial charge on any atom is 0.123 e. The van der Waals surface area contributed by atoms with Crippen molar-refractivity contribution in [2.24, 2.45) is 5.92 Å². The van der Waals surface area contributed by atoms with Crippen LogP contribution in [-0.2, 0) is 11.3 Å². The van der Waals surface area contributed by atoms with Gasteiger partial charge in [-0.25, -0.2) is 0 Å². The quantitative estimate of drug-likeness (QED) is 0.702. The third kappa shape index (κ3) is 6.41. The molecule has 1 rings (SSSR count). The van der Waals surface area contributed by atoms with Gasteiger partial charge in [-0.2, -0.15) is 0 Å². The average molecular weight is 330 g/mol. The smallest absolute Gasteiger partial charge is 0.123 e. The lowest BCUT2D eigenvalue weighted by molar-refractivity contribution is 0.199. The fourth-order valence-corrected chi connectivity index (χ4v) is 1.98. The molecule has 1 atom stereocenters. The Morgan fingerprint density at radius 1 is 1.37 bits per heavy atom. The first-order chi connectivity index (χ1) is 9.17. The van der Waals surface area contributed by atoms with E-state index in [9.17, 15) is 0 Å². The molecular formula is C15H24BrNO2. The molecule has 0 heterocycles. The molecule has 0 aliphatic heterocycles. The molecule has 1 N–H and O–H groups in total. The van der Waals surface area contributed by atoms with E-state index in [1.54, 1.807) is 7.11 Å². The molecule has 0 aliphatic carbocycles. The van der Waals surface area contributed by atoms with Crippen molar-refractivity contribution < 1.29 is 9.47 Å². The van der Waals surface area contributed by atoms with E-state index in [0.717, 1.165) is 42.9 Å². The zero-order chi connectivity index (χ0) is 14.1. The number of methoxy groups -OCH3 is 1. The van der Waals surface area contributed by atoms with Gasteiger partial charge >= 0.3 is 0 Å². The summed E-state index contributed by atoms with van der Waals surface area (Å²) in [5, 5.41) is 3.35. The summed E-state index contributed by atoms with van der Waals surface area (Å²) >= 11 is 3.50. The van der Waals surface area contributed by atoms with Crippen LogP contribution in [0.25, 0.3) is 0 Å². The van der Waals surface area contributed by atoms with Gasteiger partial charge in [-0.15, -0.1) is 0 Å². The predicted molar refractivity (Wildman–Crippen MR) is 82.7 cm³/mol. The number of hydrogen-bond donors (Lipinski definition) is 1. The molecule has 1 aromatic carbocycles. The van der Waals surface area contributed by atoms with Crippen molar-refractivity contribution in [3.8, 4) is 5.75 Å². The van der Waals surface area contributed by atoms with Gasteiger partial charge in [0, 0.05) is 30.2 Å². The van der Waals surface area contributed by atoms with Gasteiger partial charge in [0.15, 0.2) is 0 Å². The topological polar surface area (TPSA) is 30.5 Å². The summed E-state index contributed by atoms with van der Waals surface area (Å²) in [6, 6.07) is 6.15. The Hall–Kier alpha value is -0.580. The molecule has 0 bridgehead atoms. The Bertz CT molecular complexity index is 371. The molecule has 0 radical (unpaired) electrons. The van der Waals surface area contributed by atoms with Crippen LogP contribution in [0.5, 0.6) is 5.75 Å². The van der Waals surface area contributed by atoms with E-state index in [1.807, 2.05) is 12.1 Å². The third-order valence-corrected chi connectivity index (χ3v) is 3.53. The number of benzene rings is 1. The minimum Gasteiger partial charge on any atom is -0.493 e. The van der Waals surface area contributed by atoms with Gasteiger partial charge in [-0.1, -0.05) is 36.2 Å². The lowest BCUT2D eigenvalue weighted by Crippen LogP contribution is -2.19. The van der Waals surface area contributed by atoms with Gasteiger partial charge in [0.25, 0.3) is 0 Å². The first-order valence-electron chi connectivity index (χ1n) is 6.78. The summed E-state index contributed by atoms with van der Waals surface area (Å²) in [4.78, 5) is 0. The van der Waals surface area contributed by atoms with Gasteiger partial charge in [0.2, 0.25) is 0 Å². The Kier molecular flexibility index (Phi) is 8.10. The highest BCUT2D eigenvalue weighted by Crippen LogP contribution is 2.24. The van der Waals surface area contributed by atoms with Crippen LogP contribution in [0.3, 0.4) is 0 Å².